The highest BCUT2D eigenvalue weighted by molar-refractivity contribution is 5.90. The average molecular weight is 270 g/mol. The Kier molecular flexibility index (Phi) is 3.51. The second kappa shape index (κ2) is 5.31. The minimum Gasteiger partial charge on any atom is -0.358 e. The molecule has 0 aliphatic heterocycles. The van der Waals surface area contributed by atoms with E-state index in [0.717, 1.165) is 35.5 Å². The van der Waals surface area contributed by atoms with Crippen molar-refractivity contribution in [2.75, 3.05) is 0 Å². The molecule has 1 aliphatic rings. The molecule has 3 nitrogen and oxygen atoms in total. The van der Waals surface area contributed by atoms with Gasteiger partial charge in [0.2, 0.25) is 5.91 Å². The van der Waals surface area contributed by atoms with Crippen molar-refractivity contribution in [3.63, 3.8) is 0 Å². The summed E-state index contributed by atoms with van der Waals surface area (Å²) in [7, 11) is 0. The Morgan fingerprint density at radius 3 is 2.90 bits per heavy atom. The summed E-state index contributed by atoms with van der Waals surface area (Å²) < 4.78 is 0. The number of para-hydroxylation sites is 1. The van der Waals surface area contributed by atoms with E-state index in [4.69, 9.17) is 0 Å². The third-order valence-corrected chi connectivity index (χ3v) is 4.42. The molecule has 0 bridgehead atoms. The molecule has 0 radical (unpaired) electrons. The Bertz CT molecular complexity index is 629. The molecule has 0 spiro atoms. The van der Waals surface area contributed by atoms with E-state index in [1.165, 1.54) is 11.8 Å². The first-order chi connectivity index (χ1) is 9.63. The molecule has 1 aromatic carbocycles. The molecule has 2 N–H and O–H groups in total. The van der Waals surface area contributed by atoms with Gasteiger partial charge in [-0.15, -0.1) is 0 Å². The summed E-state index contributed by atoms with van der Waals surface area (Å²) in [4.78, 5) is 15.6. The van der Waals surface area contributed by atoms with Crippen molar-refractivity contribution in [1.82, 2.24) is 10.3 Å². The first kappa shape index (κ1) is 13.2. The molecule has 1 heterocycles. The lowest BCUT2D eigenvalue weighted by atomic mass is 10.1. The molecule has 1 amide bonds. The minimum atomic E-state index is 0.150. The van der Waals surface area contributed by atoms with Crippen molar-refractivity contribution in [3.05, 3.63) is 35.5 Å². The topological polar surface area (TPSA) is 44.9 Å². The van der Waals surface area contributed by atoms with Gasteiger partial charge in [-0.25, -0.2) is 0 Å². The van der Waals surface area contributed by atoms with Crippen LogP contribution in [0.15, 0.2) is 24.3 Å². The number of carbonyl (C=O) groups is 1. The molecule has 1 aromatic heterocycles. The summed E-state index contributed by atoms with van der Waals surface area (Å²) in [6, 6.07) is 8.56. The second-order valence-electron chi connectivity index (χ2n) is 6.13. The monoisotopic (exact) mass is 270 g/mol. The van der Waals surface area contributed by atoms with Gasteiger partial charge in [0, 0.05) is 22.6 Å². The molecular formula is C17H22N2O. The van der Waals surface area contributed by atoms with E-state index in [0.29, 0.717) is 12.5 Å². The summed E-state index contributed by atoms with van der Waals surface area (Å²) in [6.45, 7) is 4.30. The summed E-state index contributed by atoms with van der Waals surface area (Å²) in [6.07, 6.45) is 3.95. The molecule has 3 heteroatoms. The molecule has 0 saturated heterocycles. The Hall–Kier alpha value is -1.77. The van der Waals surface area contributed by atoms with Crippen LogP contribution in [0.4, 0.5) is 0 Å². The highest BCUT2D eigenvalue weighted by Gasteiger charge is 2.23. The lowest BCUT2D eigenvalue weighted by Crippen LogP contribution is -2.34. The minimum absolute atomic E-state index is 0.150. The van der Waals surface area contributed by atoms with Gasteiger partial charge in [0.05, 0.1) is 6.42 Å². The van der Waals surface area contributed by atoms with E-state index < -0.39 is 0 Å². The third-order valence-electron chi connectivity index (χ3n) is 4.42. The van der Waals surface area contributed by atoms with E-state index in [1.807, 2.05) is 19.1 Å². The zero-order valence-electron chi connectivity index (χ0n) is 12.2. The fraction of sp³-hybridized carbons (Fsp3) is 0.471. The number of benzene rings is 1. The molecular weight excluding hydrogens is 248 g/mol. The Labute approximate surface area is 119 Å². The quantitative estimate of drug-likeness (QED) is 0.883. The summed E-state index contributed by atoms with van der Waals surface area (Å²) in [5, 5.41) is 4.35. The SMILES string of the molecule is Cc1[nH]c2ccccc2c1CC(=O)NC1CCC(C)C1. The number of rotatable bonds is 3. The van der Waals surface area contributed by atoms with E-state index in [1.54, 1.807) is 0 Å². The van der Waals surface area contributed by atoms with Crippen LogP contribution in [0.1, 0.15) is 37.4 Å². The van der Waals surface area contributed by atoms with Crippen molar-refractivity contribution >= 4 is 16.8 Å². The van der Waals surface area contributed by atoms with Crippen LogP contribution < -0.4 is 5.32 Å². The molecule has 1 aliphatic carbocycles. The number of aromatic nitrogens is 1. The largest absolute Gasteiger partial charge is 0.358 e. The van der Waals surface area contributed by atoms with Crippen LogP contribution in [0.5, 0.6) is 0 Å². The van der Waals surface area contributed by atoms with Crippen LogP contribution in [-0.2, 0) is 11.2 Å². The average Bonchev–Trinajstić information content (AvgIpc) is 2.94. The maximum atomic E-state index is 12.2. The maximum absolute atomic E-state index is 12.2. The van der Waals surface area contributed by atoms with Crippen LogP contribution in [-0.4, -0.2) is 16.9 Å². The Balaban J connectivity index is 1.72. The number of hydrogen-bond acceptors (Lipinski definition) is 1. The van der Waals surface area contributed by atoms with Crippen LogP contribution in [0.3, 0.4) is 0 Å². The number of nitrogens with one attached hydrogen (secondary N) is 2. The number of aromatic amines is 1. The number of H-pyrrole nitrogens is 1. The van der Waals surface area contributed by atoms with Crippen LogP contribution in [0.25, 0.3) is 10.9 Å². The lowest BCUT2D eigenvalue weighted by Gasteiger charge is -2.12. The first-order valence-corrected chi connectivity index (χ1v) is 7.49. The molecule has 2 atom stereocenters. The van der Waals surface area contributed by atoms with Gasteiger partial charge < -0.3 is 10.3 Å². The Morgan fingerprint density at radius 1 is 1.35 bits per heavy atom. The van der Waals surface area contributed by atoms with E-state index >= 15 is 0 Å². The fourth-order valence-electron chi connectivity index (χ4n) is 3.34. The maximum Gasteiger partial charge on any atom is 0.224 e. The molecule has 1 saturated carbocycles. The summed E-state index contributed by atoms with van der Waals surface area (Å²) >= 11 is 0. The smallest absolute Gasteiger partial charge is 0.224 e. The molecule has 2 aromatic rings. The summed E-state index contributed by atoms with van der Waals surface area (Å²) in [5.41, 5.74) is 3.34. The van der Waals surface area contributed by atoms with Gasteiger partial charge in [-0.2, -0.15) is 0 Å². The standard InChI is InChI=1S/C17H22N2O/c1-11-7-8-13(9-11)19-17(20)10-15-12(2)18-16-6-4-3-5-14(15)16/h3-6,11,13,18H,7-10H2,1-2H3,(H,19,20). The van der Waals surface area contributed by atoms with Gasteiger partial charge in [-0.05, 0) is 43.7 Å². The molecule has 2 unspecified atom stereocenters. The number of hydrogen-bond donors (Lipinski definition) is 2. The number of carbonyl (C=O) groups excluding carboxylic acids is 1. The Morgan fingerprint density at radius 2 is 2.15 bits per heavy atom. The fourth-order valence-corrected chi connectivity index (χ4v) is 3.34. The molecule has 20 heavy (non-hydrogen) atoms. The normalized spacial score (nSPS) is 22.3. The zero-order chi connectivity index (χ0) is 14.1. The molecule has 3 rings (SSSR count). The number of fused-ring (bicyclic) bond motifs is 1. The van der Waals surface area contributed by atoms with Gasteiger partial charge >= 0.3 is 0 Å². The second-order valence-corrected chi connectivity index (χ2v) is 6.13. The summed E-state index contributed by atoms with van der Waals surface area (Å²) in [5.74, 6) is 0.895. The van der Waals surface area contributed by atoms with E-state index in [9.17, 15) is 4.79 Å². The number of aryl methyl sites for hydroxylation is 1. The highest BCUT2D eigenvalue weighted by Crippen LogP contribution is 2.25. The van der Waals surface area contributed by atoms with E-state index in [-0.39, 0.29) is 5.91 Å². The highest BCUT2D eigenvalue weighted by atomic mass is 16.1. The number of amides is 1. The first-order valence-electron chi connectivity index (χ1n) is 7.49. The molecule has 1 fully saturated rings. The van der Waals surface area contributed by atoms with Gasteiger partial charge in [0.25, 0.3) is 0 Å². The van der Waals surface area contributed by atoms with Crippen molar-refractivity contribution in [2.45, 2.75) is 45.6 Å². The lowest BCUT2D eigenvalue weighted by molar-refractivity contribution is -0.121. The van der Waals surface area contributed by atoms with Gasteiger partial charge in [0.1, 0.15) is 0 Å². The van der Waals surface area contributed by atoms with Crippen LogP contribution >= 0.6 is 0 Å². The van der Waals surface area contributed by atoms with Gasteiger partial charge in [-0.1, -0.05) is 25.1 Å². The predicted octanol–water partition coefficient (Wildman–Crippen LogP) is 3.32. The van der Waals surface area contributed by atoms with Crippen molar-refractivity contribution < 1.29 is 4.79 Å². The van der Waals surface area contributed by atoms with Gasteiger partial charge in [0.15, 0.2) is 0 Å². The third kappa shape index (κ3) is 2.58. The van der Waals surface area contributed by atoms with Crippen molar-refractivity contribution in [2.24, 2.45) is 5.92 Å². The predicted molar refractivity (Wildman–Crippen MR) is 81.7 cm³/mol. The van der Waals surface area contributed by atoms with E-state index in [2.05, 4.69) is 29.4 Å². The zero-order valence-corrected chi connectivity index (χ0v) is 12.2. The van der Waals surface area contributed by atoms with Gasteiger partial charge in [-0.3, -0.25) is 4.79 Å². The van der Waals surface area contributed by atoms with Crippen molar-refractivity contribution in [3.8, 4) is 0 Å². The van der Waals surface area contributed by atoms with Crippen LogP contribution in [0, 0.1) is 12.8 Å². The molecule has 106 valence electrons. The van der Waals surface area contributed by atoms with Crippen molar-refractivity contribution in [1.29, 1.82) is 0 Å². The van der Waals surface area contributed by atoms with Crippen LogP contribution in [0.2, 0.25) is 0 Å².